The summed E-state index contributed by atoms with van der Waals surface area (Å²) >= 11 is 0. The van der Waals surface area contributed by atoms with Gasteiger partial charge in [-0.2, -0.15) is 0 Å². The summed E-state index contributed by atoms with van der Waals surface area (Å²) in [5.74, 6) is 0.315. The lowest BCUT2D eigenvalue weighted by atomic mass is 10.1. The van der Waals surface area contributed by atoms with Crippen LogP contribution < -0.4 is 11.5 Å². The van der Waals surface area contributed by atoms with Crippen molar-refractivity contribution in [1.82, 2.24) is 19.8 Å². The Kier molecular flexibility index (Phi) is 3.50. The van der Waals surface area contributed by atoms with Crippen molar-refractivity contribution in [3.63, 3.8) is 0 Å². The lowest BCUT2D eigenvalue weighted by Crippen LogP contribution is -2.53. The molecule has 1 aliphatic rings. The number of carbonyl (C=O) groups is 2. The van der Waals surface area contributed by atoms with Gasteiger partial charge in [0, 0.05) is 25.0 Å². The number of urea groups is 1. The molecule has 114 valence electrons. The second-order valence-corrected chi connectivity index (χ2v) is 5.19. The molecule has 0 radical (unpaired) electrons. The highest BCUT2D eigenvalue weighted by atomic mass is 16.2. The molecule has 0 spiro atoms. The Hall–Kier alpha value is -2.90. The van der Waals surface area contributed by atoms with Gasteiger partial charge in [-0.3, -0.25) is 4.79 Å². The normalized spacial score (nSPS) is 15.4. The Morgan fingerprint density at radius 1 is 1.27 bits per heavy atom. The van der Waals surface area contributed by atoms with Crippen LogP contribution in [0.5, 0.6) is 0 Å². The fraction of sp³-hybridized carbons (Fsp3) is 0.286. The van der Waals surface area contributed by atoms with E-state index in [1.807, 2.05) is 18.2 Å². The molecule has 1 aromatic heterocycles. The number of amides is 3. The second kappa shape index (κ2) is 5.47. The summed E-state index contributed by atoms with van der Waals surface area (Å²) in [6.45, 7) is 1.40. The largest absolute Gasteiger partial charge is 0.383 e. The molecule has 8 heteroatoms. The number of hydrogen-bond donors (Lipinski definition) is 2. The number of nitrogens with zero attached hydrogens (tertiary/aromatic N) is 4. The predicted molar refractivity (Wildman–Crippen MR) is 80.5 cm³/mol. The molecule has 4 N–H and O–H groups in total. The Balaban J connectivity index is 1.76. The summed E-state index contributed by atoms with van der Waals surface area (Å²) in [5.41, 5.74) is 12.7. The minimum Gasteiger partial charge on any atom is -0.383 e. The van der Waals surface area contributed by atoms with E-state index in [1.165, 1.54) is 11.2 Å². The molecule has 0 aliphatic carbocycles. The SMILES string of the molecule is NC(=O)N1CCN(Cc2ccc3c(N)ncnc3c2)C(=O)C1. The third-order valence-corrected chi connectivity index (χ3v) is 3.74. The first-order valence-electron chi connectivity index (χ1n) is 6.86. The average Bonchev–Trinajstić information content (AvgIpc) is 2.49. The monoisotopic (exact) mass is 300 g/mol. The average molecular weight is 300 g/mol. The predicted octanol–water partition coefficient (Wildman–Crippen LogP) is -0.0651. The highest BCUT2D eigenvalue weighted by Crippen LogP contribution is 2.19. The Labute approximate surface area is 126 Å². The summed E-state index contributed by atoms with van der Waals surface area (Å²) in [5, 5.41) is 0.788. The van der Waals surface area contributed by atoms with Gasteiger partial charge in [0.05, 0.1) is 5.52 Å². The van der Waals surface area contributed by atoms with E-state index in [-0.39, 0.29) is 12.5 Å². The van der Waals surface area contributed by atoms with Crippen molar-refractivity contribution in [2.75, 3.05) is 25.4 Å². The number of benzene rings is 1. The van der Waals surface area contributed by atoms with Crippen LogP contribution in [0.25, 0.3) is 10.9 Å². The van der Waals surface area contributed by atoms with Crippen LogP contribution >= 0.6 is 0 Å². The van der Waals surface area contributed by atoms with E-state index in [2.05, 4.69) is 9.97 Å². The molecule has 0 saturated carbocycles. The van der Waals surface area contributed by atoms with Crippen molar-refractivity contribution >= 4 is 28.7 Å². The number of hydrogen-bond acceptors (Lipinski definition) is 5. The first-order valence-corrected chi connectivity index (χ1v) is 6.86. The van der Waals surface area contributed by atoms with Gasteiger partial charge in [-0.1, -0.05) is 6.07 Å². The maximum atomic E-state index is 12.1. The third-order valence-electron chi connectivity index (χ3n) is 3.74. The number of rotatable bonds is 2. The van der Waals surface area contributed by atoms with Gasteiger partial charge in [-0.25, -0.2) is 14.8 Å². The highest BCUT2D eigenvalue weighted by molar-refractivity contribution is 5.88. The topological polar surface area (TPSA) is 118 Å². The first-order chi connectivity index (χ1) is 10.5. The van der Waals surface area contributed by atoms with Crippen molar-refractivity contribution in [2.45, 2.75) is 6.54 Å². The first kappa shape index (κ1) is 14.1. The van der Waals surface area contributed by atoms with Crippen LogP contribution in [-0.4, -0.2) is 51.3 Å². The second-order valence-electron chi connectivity index (χ2n) is 5.19. The standard InChI is InChI=1S/C14H16N6O2/c15-13-10-2-1-9(5-11(10)17-8-18-13)6-19-3-4-20(14(16)22)7-12(19)21/h1-2,5,8H,3-4,6-7H2,(H2,16,22)(H2,15,17,18). The van der Waals surface area contributed by atoms with Crippen molar-refractivity contribution < 1.29 is 9.59 Å². The molecule has 1 aromatic carbocycles. The molecule has 3 amide bonds. The van der Waals surface area contributed by atoms with E-state index in [4.69, 9.17) is 11.5 Å². The number of primary amides is 1. The molecular formula is C14H16N6O2. The molecule has 0 bridgehead atoms. The van der Waals surface area contributed by atoms with Crippen molar-refractivity contribution in [1.29, 1.82) is 0 Å². The van der Waals surface area contributed by atoms with Gasteiger partial charge in [0.2, 0.25) is 5.91 Å². The van der Waals surface area contributed by atoms with Crippen molar-refractivity contribution in [3.8, 4) is 0 Å². The summed E-state index contributed by atoms with van der Waals surface area (Å²) < 4.78 is 0. The molecule has 1 fully saturated rings. The van der Waals surface area contributed by atoms with Crippen LogP contribution in [0.4, 0.5) is 10.6 Å². The van der Waals surface area contributed by atoms with Crippen LogP contribution in [-0.2, 0) is 11.3 Å². The number of anilines is 1. The van der Waals surface area contributed by atoms with Gasteiger partial charge in [-0.15, -0.1) is 0 Å². The Bertz CT molecular complexity index is 747. The van der Waals surface area contributed by atoms with E-state index in [1.54, 1.807) is 4.90 Å². The molecule has 2 aromatic rings. The summed E-state index contributed by atoms with van der Waals surface area (Å²) in [6, 6.07) is 5.08. The van der Waals surface area contributed by atoms with E-state index in [9.17, 15) is 9.59 Å². The lowest BCUT2D eigenvalue weighted by Gasteiger charge is -2.33. The van der Waals surface area contributed by atoms with Crippen LogP contribution in [0.15, 0.2) is 24.5 Å². The lowest BCUT2D eigenvalue weighted by molar-refractivity contribution is -0.135. The molecule has 22 heavy (non-hydrogen) atoms. The summed E-state index contributed by atoms with van der Waals surface area (Å²) in [6.07, 6.45) is 1.41. The van der Waals surface area contributed by atoms with Gasteiger partial charge >= 0.3 is 6.03 Å². The molecule has 2 heterocycles. The van der Waals surface area contributed by atoms with Gasteiger partial charge in [0.15, 0.2) is 0 Å². The summed E-state index contributed by atoms with van der Waals surface area (Å²) in [4.78, 5) is 34.3. The fourth-order valence-electron chi connectivity index (χ4n) is 2.51. The zero-order valence-corrected chi connectivity index (χ0v) is 11.9. The van der Waals surface area contributed by atoms with Crippen molar-refractivity contribution in [2.24, 2.45) is 5.73 Å². The van der Waals surface area contributed by atoms with Crippen LogP contribution in [0, 0.1) is 0 Å². The van der Waals surface area contributed by atoms with Crippen LogP contribution in [0.1, 0.15) is 5.56 Å². The minimum atomic E-state index is -0.564. The number of carbonyl (C=O) groups excluding carboxylic acids is 2. The zero-order chi connectivity index (χ0) is 15.7. The van der Waals surface area contributed by atoms with E-state index in [0.717, 1.165) is 16.5 Å². The van der Waals surface area contributed by atoms with Gasteiger partial charge in [0.25, 0.3) is 0 Å². The number of aromatic nitrogens is 2. The van der Waals surface area contributed by atoms with Gasteiger partial charge in [0.1, 0.15) is 18.7 Å². The fourth-order valence-corrected chi connectivity index (χ4v) is 2.51. The molecule has 1 saturated heterocycles. The van der Waals surface area contributed by atoms with E-state index in [0.29, 0.717) is 25.5 Å². The van der Waals surface area contributed by atoms with Gasteiger partial charge in [-0.05, 0) is 17.7 Å². The molecule has 8 nitrogen and oxygen atoms in total. The maximum Gasteiger partial charge on any atom is 0.315 e. The number of nitrogens with two attached hydrogens (primary N) is 2. The summed E-state index contributed by atoms with van der Waals surface area (Å²) in [7, 11) is 0. The highest BCUT2D eigenvalue weighted by Gasteiger charge is 2.25. The van der Waals surface area contributed by atoms with E-state index < -0.39 is 6.03 Å². The molecule has 3 rings (SSSR count). The maximum absolute atomic E-state index is 12.1. The minimum absolute atomic E-state index is 0.0258. The Morgan fingerprint density at radius 2 is 2.09 bits per heavy atom. The number of nitrogen functional groups attached to an aromatic ring is 1. The van der Waals surface area contributed by atoms with E-state index >= 15 is 0 Å². The molecule has 1 aliphatic heterocycles. The Morgan fingerprint density at radius 3 is 2.82 bits per heavy atom. The van der Waals surface area contributed by atoms with Crippen LogP contribution in [0.2, 0.25) is 0 Å². The van der Waals surface area contributed by atoms with Crippen molar-refractivity contribution in [3.05, 3.63) is 30.1 Å². The smallest absolute Gasteiger partial charge is 0.315 e. The van der Waals surface area contributed by atoms with Gasteiger partial charge < -0.3 is 21.3 Å². The zero-order valence-electron chi connectivity index (χ0n) is 11.9. The quantitative estimate of drug-likeness (QED) is 0.805. The molecule has 0 unspecified atom stereocenters. The molecule has 0 atom stereocenters. The number of piperazine rings is 1. The van der Waals surface area contributed by atoms with Crippen LogP contribution in [0.3, 0.4) is 0 Å². The molecular weight excluding hydrogens is 284 g/mol. The third kappa shape index (κ3) is 2.62. The number of fused-ring (bicyclic) bond motifs is 1.